The number of pyridine rings is 1. The SMILES string of the molecule is Cc1ccc2nc(N3CCC(C(N)=O)CC3)c(/C=C3/SC(=S)N(CCCCCCCCCCC(=O)O)C3=O)c(=O)n2c1. The van der Waals surface area contributed by atoms with Gasteiger partial charge in [0.2, 0.25) is 5.91 Å². The molecule has 0 bridgehead atoms. The summed E-state index contributed by atoms with van der Waals surface area (Å²) in [6.45, 7) is 3.50. The van der Waals surface area contributed by atoms with E-state index in [0.717, 1.165) is 56.9 Å². The number of rotatable bonds is 14. The van der Waals surface area contributed by atoms with Crippen LogP contribution >= 0.6 is 24.0 Å². The van der Waals surface area contributed by atoms with Gasteiger partial charge in [-0.3, -0.25) is 28.5 Å². The molecule has 0 atom stereocenters. The van der Waals surface area contributed by atoms with Crippen LogP contribution in [0.5, 0.6) is 0 Å². The minimum atomic E-state index is -0.737. The Morgan fingerprint density at radius 2 is 1.71 bits per heavy atom. The van der Waals surface area contributed by atoms with Gasteiger partial charge in [0.05, 0.1) is 10.5 Å². The summed E-state index contributed by atoms with van der Waals surface area (Å²) in [7, 11) is 0. The Morgan fingerprint density at radius 1 is 1.07 bits per heavy atom. The lowest BCUT2D eigenvalue weighted by Crippen LogP contribution is -2.40. The number of aryl methyl sites for hydroxylation is 1. The number of carbonyl (C=O) groups excluding carboxylic acids is 2. The number of thiocarbonyl (C=S) groups is 1. The number of hydrogen-bond donors (Lipinski definition) is 2. The van der Waals surface area contributed by atoms with Crippen molar-refractivity contribution >= 4 is 63.6 Å². The smallest absolute Gasteiger partial charge is 0.303 e. The number of nitrogens with two attached hydrogens (primary N) is 1. The van der Waals surface area contributed by atoms with Crippen molar-refractivity contribution in [2.24, 2.45) is 11.7 Å². The lowest BCUT2D eigenvalue weighted by Gasteiger charge is -2.32. The zero-order valence-corrected chi connectivity index (χ0v) is 25.7. The van der Waals surface area contributed by atoms with Gasteiger partial charge in [-0.05, 0) is 50.3 Å². The molecule has 3 N–H and O–H groups in total. The number of piperidine rings is 1. The Balaban J connectivity index is 1.43. The summed E-state index contributed by atoms with van der Waals surface area (Å²) >= 11 is 6.75. The summed E-state index contributed by atoms with van der Waals surface area (Å²) in [5.41, 5.74) is 7.03. The number of carboxylic acids is 1. The maximum absolute atomic E-state index is 13.7. The van der Waals surface area contributed by atoms with Crippen LogP contribution in [0.2, 0.25) is 0 Å². The van der Waals surface area contributed by atoms with E-state index in [1.54, 1.807) is 23.2 Å². The first-order valence-electron chi connectivity index (χ1n) is 14.7. The van der Waals surface area contributed by atoms with Gasteiger partial charge in [0.15, 0.2) is 0 Å². The molecule has 2 aliphatic rings. The van der Waals surface area contributed by atoms with Crippen LogP contribution in [0.4, 0.5) is 5.82 Å². The van der Waals surface area contributed by atoms with Crippen LogP contribution in [-0.2, 0) is 14.4 Å². The summed E-state index contributed by atoms with van der Waals surface area (Å²) in [4.78, 5) is 58.2. The summed E-state index contributed by atoms with van der Waals surface area (Å²) < 4.78 is 1.99. The van der Waals surface area contributed by atoms with E-state index >= 15 is 0 Å². The van der Waals surface area contributed by atoms with E-state index in [1.165, 1.54) is 16.2 Å². The molecule has 2 aromatic rings. The number of anilines is 1. The fraction of sp³-hybridized carbons (Fsp3) is 0.533. The van der Waals surface area contributed by atoms with E-state index in [0.29, 0.717) is 58.7 Å². The van der Waals surface area contributed by atoms with Gasteiger partial charge in [0, 0.05) is 38.2 Å². The minimum Gasteiger partial charge on any atom is -0.481 e. The lowest BCUT2D eigenvalue weighted by molar-refractivity contribution is -0.137. The highest BCUT2D eigenvalue weighted by atomic mass is 32.2. The maximum atomic E-state index is 13.7. The molecule has 10 nitrogen and oxygen atoms in total. The van der Waals surface area contributed by atoms with Gasteiger partial charge in [-0.1, -0.05) is 68.6 Å². The van der Waals surface area contributed by atoms with Gasteiger partial charge in [0.25, 0.3) is 11.5 Å². The quantitative estimate of drug-likeness (QED) is 0.179. The molecule has 2 aliphatic heterocycles. The molecule has 4 heterocycles. The molecule has 0 saturated carbocycles. The molecule has 2 fully saturated rings. The second-order valence-corrected chi connectivity index (χ2v) is 12.7. The number of unbranched alkanes of at least 4 members (excludes halogenated alkanes) is 7. The Morgan fingerprint density at radius 3 is 2.36 bits per heavy atom. The van der Waals surface area contributed by atoms with Crippen molar-refractivity contribution in [3.63, 3.8) is 0 Å². The second-order valence-electron chi connectivity index (χ2n) is 11.1. The number of aliphatic carboxylic acids is 1. The van der Waals surface area contributed by atoms with Gasteiger partial charge in [-0.2, -0.15) is 0 Å². The van der Waals surface area contributed by atoms with Crippen molar-refractivity contribution in [3.05, 3.63) is 44.7 Å². The van der Waals surface area contributed by atoms with Gasteiger partial charge < -0.3 is 15.7 Å². The van der Waals surface area contributed by atoms with Crippen LogP contribution in [0.25, 0.3) is 11.7 Å². The number of hydrogen-bond acceptors (Lipinski definition) is 8. The molecule has 0 spiro atoms. The molecule has 226 valence electrons. The predicted octanol–water partition coefficient (Wildman–Crippen LogP) is 4.50. The Hall–Kier alpha value is -3.25. The third-order valence-electron chi connectivity index (χ3n) is 7.85. The minimum absolute atomic E-state index is 0.199. The summed E-state index contributed by atoms with van der Waals surface area (Å²) in [6, 6.07) is 3.71. The second kappa shape index (κ2) is 14.8. The van der Waals surface area contributed by atoms with Crippen molar-refractivity contribution < 1.29 is 19.5 Å². The number of nitrogens with zero attached hydrogens (tertiary/aromatic N) is 4. The Kier molecular flexibility index (Phi) is 11.1. The average molecular weight is 614 g/mol. The molecule has 2 aromatic heterocycles. The fourth-order valence-corrected chi connectivity index (χ4v) is 6.71. The number of carboxylic acid groups (broad SMARTS) is 1. The van der Waals surface area contributed by atoms with E-state index in [2.05, 4.69) is 0 Å². The summed E-state index contributed by atoms with van der Waals surface area (Å²) in [5.74, 6) is -0.947. The highest BCUT2D eigenvalue weighted by Gasteiger charge is 2.33. The first-order valence-corrected chi connectivity index (χ1v) is 15.9. The van der Waals surface area contributed by atoms with Crippen LogP contribution in [0.15, 0.2) is 28.0 Å². The Bertz CT molecular complexity index is 1430. The summed E-state index contributed by atoms with van der Waals surface area (Å²) in [5, 5.41) is 8.71. The predicted molar refractivity (Wildman–Crippen MR) is 169 cm³/mol. The van der Waals surface area contributed by atoms with Crippen molar-refractivity contribution in [2.45, 2.75) is 77.6 Å². The highest BCUT2D eigenvalue weighted by Crippen LogP contribution is 2.34. The number of carbonyl (C=O) groups is 3. The van der Waals surface area contributed by atoms with E-state index < -0.39 is 5.97 Å². The third-order valence-corrected chi connectivity index (χ3v) is 9.23. The van der Waals surface area contributed by atoms with Crippen LogP contribution in [0.1, 0.15) is 81.8 Å². The van der Waals surface area contributed by atoms with Gasteiger partial charge >= 0.3 is 5.97 Å². The normalized spacial score (nSPS) is 17.1. The molecule has 0 radical (unpaired) electrons. The first kappa shape index (κ1) is 31.7. The summed E-state index contributed by atoms with van der Waals surface area (Å²) in [6.07, 6.45) is 12.5. The highest BCUT2D eigenvalue weighted by molar-refractivity contribution is 8.26. The largest absolute Gasteiger partial charge is 0.481 e. The van der Waals surface area contributed by atoms with Crippen LogP contribution in [-0.4, -0.2) is 61.1 Å². The number of fused-ring (bicyclic) bond motifs is 1. The molecule has 0 unspecified atom stereocenters. The number of amides is 2. The molecule has 0 aromatic carbocycles. The van der Waals surface area contributed by atoms with Gasteiger partial charge in [-0.25, -0.2) is 4.98 Å². The third kappa shape index (κ3) is 7.97. The van der Waals surface area contributed by atoms with Crippen molar-refractivity contribution in [1.29, 1.82) is 0 Å². The zero-order chi connectivity index (χ0) is 30.2. The fourth-order valence-electron chi connectivity index (χ4n) is 5.42. The van der Waals surface area contributed by atoms with E-state index in [9.17, 15) is 19.2 Å². The van der Waals surface area contributed by atoms with Crippen molar-refractivity contribution in [3.8, 4) is 0 Å². The molecule has 0 aliphatic carbocycles. The van der Waals surface area contributed by atoms with Crippen molar-refractivity contribution in [2.75, 3.05) is 24.5 Å². The standard InChI is InChI=1S/C30H39N5O5S2/c1-20-11-12-24-32-27(33-16-13-21(14-17-33)26(31)38)22(28(39)35(24)19-20)18-23-29(40)34(30(41)42-23)15-9-7-5-3-2-4-6-8-10-25(36)37/h11-12,18-19,21H,2-10,13-17H2,1H3,(H2,31,38)(H,36,37)/b23-18+. The van der Waals surface area contributed by atoms with Gasteiger partial charge in [-0.15, -0.1) is 0 Å². The molecular formula is C30H39N5O5S2. The molecular weight excluding hydrogens is 574 g/mol. The average Bonchev–Trinajstić information content (AvgIpc) is 3.22. The lowest BCUT2D eigenvalue weighted by atomic mass is 9.96. The van der Waals surface area contributed by atoms with E-state index in [-0.39, 0.29) is 29.7 Å². The Labute approximate surface area is 255 Å². The molecule has 2 saturated heterocycles. The monoisotopic (exact) mass is 613 g/mol. The zero-order valence-electron chi connectivity index (χ0n) is 24.0. The maximum Gasteiger partial charge on any atom is 0.303 e. The van der Waals surface area contributed by atoms with E-state index in [1.807, 2.05) is 17.9 Å². The van der Waals surface area contributed by atoms with E-state index in [4.69, 9.17) is 28.0 Å². The van der Waals surface area contributed by atoms with Crippen LogP contribution < -0.4 is 16.2 Å². The number of aromatic nitrogens is 2. The topological polar surface area (TPSA) is 138 Å². The van der Waals surface area contributed by atoms with Gasteiger partial charge in [0.1, 0.15) is 15.8 Å². The first-order chi connectivity index (χ1) is 20.2. The number of thioether (sulfide) groups is 1. The molecule has 2 amide bonds. The molecule has 4 rings (SSSR count). The molecule has 12 heteroatoms. The van der Waals surface area contributed by atoms with Crippen LogP contribution in [0.3, 0.4) is 0 Å². The van der Waals surface area contributed by atoms with Crippen molar-refractivity contribution in [1.82, 2.24) is 14.3 Å². The van der Waals surface area contributed by atoms with Crippen LogP contribution in [0, 0.1) is 12.8 Å². The molecule has 42 heavy (non-hydrogen) atoms. The number of primary amides is 1.